The van der Waals surface area contributed by atoms with E-state index in [1.165, 1.54) is 36.8 Å². The van der Waals surface area contributed by atoms with E-state index in [4.69, 9.17) is 0 Å². The van der Waals surface area contributed by atoms with Gasteiger partial charge in [0.05, 0.1) is 16.8 Å². The van der Waals surface area contributed by atoms with Gasteiger partial charge in [0.15, 0.2) is 11.0 Å². The fraction of sp³-hybridized carbons (Fsp3) is 0.438. The molecule has 5 nitrogen and oxygen atoms in total. The zero-order chi connectivity index (χ0) is 14.8. The van der Waals surface area contributed by atoms with Crippen molar-refractivity contribution < 1.29 is 0 Å². The number of anilines is 1. The molecule has 3 aromatic rings. The van der Waals surface area contributed by atoms with Gasteiger partial charge in [-0.2, -0.15) is 0 Å². The smallest absolute Gasteiger partial charge is 0.184 e. The number of fused-ring (bicyclic) bond motifs is 1. The zero-order valence-corrected chi connectivity index (χ0v) is 13.2. The molecule has 1 N–H and O–H groups in total. The number of benzene rings is 1. The van der Waals surface area contributed by atoms with Gasteiger partial charge < -0.3 is 9.88 Å². The number of thiazole rings is 1. The minimum absolute atomic E-state index is 0.566. The highest BCUT2D eigenvalue weighted by molar-refractivity contribution is 7.22. The van der Waals surface area contributed by atoms with Crippen LogP contribution in [-0.2, 0) is 6.54 Å². The maximum absolute atomic E-state index is 4.60. The molecule has 0 amide bonds. The van der Waals surface area contributed by atoms with Crippen LogP contribution in [0.5, 0.6) is 0 Å². The first-order valence-corrected chi connectivity index (χ1v) is 8.69. The van der Waals surface area contributed by atoms with E-state index in [0.717, 1.165) is 16.5 Å². The second kappa shape index (κ2) is 6.04. The van der Waals surface area contributed by atoms with Gasteiger partial charge >= 0.3 is 0 Å². The Morgan fingerprint density at radius 2 is 2.05 bits per heavy atom. The lowest BCUT2D eigenvalue weighted by Crippen LogP contribution is -2.16. The first-order valence-electron chi connectivity index (χ1n) is 7.88. The Bertz CT molecular complexity index is 724. The number of nitrogens with one attached hydrogen (secondary N) is 1. The first-order chi connectivity index (χ1) is 10.9. The van der Waals surface area contributed by atoms with Crippen molar-refractivity contribution in [3.8, 4) is 0 Å². The van der Waals surface area contributed by atoms with Crippen LogP contribution in [0, 0.1) is 0 Å². The molecule has 2 heterocycles. The van der Waals surface area contributed by atoms with Gasteiger partial charge in [0, 0.05) is 6.04 Å². The molecule has 0 saturated heterocycles. The third kappa shape index (κ3) is 2.70. The number of hydrogen-bond donors (Lipinski definition) is 1. The molecule has 0 unspecified atom stereocenters. The number of aromatic nitrogens is 4. The van der Waals surface area contributed by atoms with Gasteiger partial charge in [-0.05, 0) is 25.0 Å². The molecule has 0 radical (unpaired) electrons. The minimum atomic E-state index is 0.566. The van der Waals surface area contributed by atoms with Gasteiger partial charge in [0.1, 0.15) is 6.33 Å². The van der Waals surface area contributed by atoms with Crippen LogP contribution in [0.2, 0.25) is 0 Å². The summed E-state index contributed by atoms with van der Waals surface area (Å²) in [6.45, 7) is 0.677. The second-order valence-corrected chi connectivity index (χ2v) is 6.82. The summed E-state index contributed by atoms with van der Waals surface area (Å²) in [4.78, 5) is 4.60. The molecule has 4 rings (SSSR count). The maximum atomic E-state index is 4.60. The van der Waals surface area contributed by atoms with Crippen molar-refractivity contribution in [3.05, 3.63) is 36.4 Å². The largest absolute Gasteiger partial charge is 0.354 e. The van der Waals surface area contributed by atoms with Crippen LogP contribution in [0.25, 0.3) is 10.2 Å². The molecule has 0 aliphatic heterocycles. The van der Waals surface area contributed by atoms with Crippen LogP contribution in [0.15, 0.2) is 30.6 Å². The molecule has 114 valence electrons. The minimum Gasteiger partial charge on any atom is -0.354 e. The van der Waals surface area contributed by atoms with E-state index in [2.05, 4.69) is 31.1 Å². The van der Waals surface area contributed by atoms with Crippen molar-refractivity contribution in [2.24, 2.45) is 0 Å². The molecule has 2 aromatic heterocycles. The number of nitrogens with zero attached hydrogens (tertiary/aromatic N) is 4. The van der Waals surface area contributed by atoms with Crippen LogP contribution < -0.4 is 5.32 Å². The van der Waals surface area contributed by atoms with E-state index in [-0.39, 0.29) is 0 Å². The molecular weight excluding hydrogens is 294 g/mol. The van der Waals surface area contributed by atoms with Gasteiger partial charge in [0.25, 0.3) is 0 Å². The zero-order valence-electron chi connectivity index (χ0n) is 12.4. The standard InChI is InChI=1S/C16H19N5S/c1-2-6-12(7-3-1)21-11-18-20-15(21)10-17-16-19-13-8-4-5-9-14(13)22-16/h4-5,8-9,11-12H,1-3,6-7,10H2,(H,17,19). The van der Waals surface area contributed by atoms with Gasteiger partial charge in [-0.25, -0.2) is 4.98 Å². The molecule has 22 heavy (non-hydrogen) atoms. The topological polar surface area (TPSA) is 55.6 Å². The summed E-state index contributed by atoms with van der Waals surface area (Å²) in [6, 6.07) is 8.77. The Labute approximate surface area is 133 Å². The van der Waals surface area contributed by atoms with Crippen LogP contribution in [-0.4, -0.2) is 19.7 Å². The van der Waals surface area contributed by atoms with Crippen LogP contribution in [0.1, 0.15) is 44.0 Å². The van der Waals surface area contributed by atoms with Gasteiger partial charge in [0.2, 0.25) is 0 Å². The van der Waals surface area contributed by atoms with Crippen molar-refractivity contribution in [1.82, 2.24) is 19.7 Å². The summed E-state index contributed by atoms with van der Waals surface area (Å²) in [5.74, 6) is 1.01. The Kier molecular flexibility index (Phi) is 3.76. The fourth-order valence-corrected chi connectivity index (χ4v) is 4.02. The van der Waals surface area contributed by atoms with E-state index in [0.29, 0.717) is 12.6 Å². The van der Waals surface area contributed by atoms with Crippen LogP contribution in [0.4, 0.5) is 5.13 Å². The van der Waals surface area contributed by atoms with Crippen LogP contribution in [0.3, 0.4) is 0 Å². The molecule has 6 heteroatoms. The van der Waals surface area contributed by atoms with Crippen molar-refractivity contribution in [3.63, 3.8) is 0 Å². The summed E-state index contributed by atoms with van der Waals surface area (Å²) < 4.78 is 3.46. The SMILES string of the molecule is c1ccc2sc(NCc3nncn3C3CCCCC3)nc2c1. The molecule has 1 saturated carbocycles. The molecule has 0 spiro atoms. The Hall–Kier alpha value is -1.95. The first kappa shape index (κ1) is 13.7. The Morgan fingerprint density at radius 1 is 1.18 bits per heavy atom. The van der Waals surface area contributed by atoms with Crippen molar-refractivity contribution in [1.29, 1.82) is 0 Å². The van der Waals surface area contributed by atoms with E-state index in [9.17, 15) is 0 Å². The van der Waals surface area contributed by atoms with Crippen molar-refractivity contribution in [2.45, 2.75) is 44.7 Å². The molecule has 1 aliphatic carbocycles. The molecular formula is C16H19N5S. The highest BCUT2D eigenvalue weighted by Gasteiger charge is 2.18. The van der Waals surface area contributed by atoms with E-state index in [1.54, 1.807) is 11.3 Å². The maximum Gasteiger partial charge on any atom is 0.184 e. The van der Waals surface area contributed by atoms with Crippen molar-refractivity contribution in [2.75, 3.05) is 5.32 Å². The number of hydrogen-bond acceptors (Lipinski definition) is 5. The molecule has 0 bridgehead atoms. The normalized spacial score (nSPS) is 16.2. The Balaban J connectivity index is 1.48. The van der Waals surface area contributed by atoms with Gasteiger partial charge in [-0.15, -0.1) is 10.2 Å². The van der Waals surface area contributed by atoms with Gasteiger partial charge in [-0.3, -0.25) is 0 Å². The number of para-hydroxylation sites is 1. The Morgan fingerprint density at radius 3 is 2.91 bits per heavy atom. The summed E-state index contributed by atoms with van der Waals surface area (Å²) in [6.07, 6.45) is 8.35. The quantitative estimate of drug-likeness (QED) is 0.791. The summed E-state index contributed by atoms with van der Waals surface area (Å²) in [5.41, 5.74) is 1.05. The van der Waals surface area contributed by atoms with Crippen LogP contribution >= 0.6 is 11.3 Å². The molecule has 1 aliphatic rings. The van der Waals surface area contributed by atoms with Gasteiger partial charge in [-0.1, -0.05) is 42.7 Å². The molecule has 1 fully saturated rings. The van der Waals surface area contributed by atoms with E-state index in [1.807, 2.05) is 24.5 Å². The second-order valence-electron chi connectivity index (χ2n) is 5.79. The van der Waals surface area contributed by atoms with Crippen molar-refractivity contribution >= 4 is 26.7 Å². The molecule has 0 atom stereocenters. The van der Waals surface area contributed by atoms with E-state index < -0.39 is 0 Å². The highest BCUT2D eigenvalue weighted by atomic mass is 32.1. The molecule has 1 aromatic carbocycles. The number of rotatable bonds is 4. The lowest BCUT2D eigenvalue weighted by molar-refractivity contribution is 0.346. The average Bonchev–Trinajstić information content (AvgIpc) is 3.20. The highest BCUT2D eigenvalue weighted by Crippen LogP contribution is 2.29. The lowest BCUT2D eigenvalue weighted by atomic mass is 9.95. The third-order valence-electron chi connectivity index (χ3n) is 4.31. The predicted molar refractivity (Wildman–Crippen MR) is 89.1 cm³/mol. The average molecular weight is 313 g/mol. The summed E-state index contributed by atoms with van der Waals surface area (Å²) in [5, 5.41) is 12.7. The monoisotopic (exact) mass is 313 g/mol. The summed E-state index contributed by atoms with van der Waals surface area (Å²) >= 11 is 1.68. The lowest BCUT2D eigenvalue weighted by Gasteiger charge is -2.23. The van der Waals surface area contributed by atoms with E-state index >= 15 is 0 Å². The fourth-order valence-electron chi connectivity index (χ4n) is 3.16. The summed E-state index contributed by atoms with van der Waals surface area (Å²) in [7, 11) is 0. The third-order valence-corrected chi connectivity index (χ3v) is 5.30. The predicted octanol–water partition coefficient (Wildman–Crippen LogP) is 4.01.